The number of Topliss-reactive ketones (excluding diaryl/α,β-unsaturated/α-hetero) is 1. The maximum atomic E-state index is 13.8. The highest BCUT2D eigenvalue weighted by Gasteiger charge is 2.48. The number of hydrogen-bond donors (Lipinski definition) is 1. The molecule has 2 aliphatic heterocycles. The maximum absolute atomic E-state index is 13.8. The Morgan fingerprint density at radius 3 is 2.74 bits per heavy atom. The lowest BCUT2D eigenvalue weighted by Gasteiger charge is -2.23. The van der Waals surface area contributed by atoms with Gasteiger partial charge in [-0.3, -0.25) is 14.5 Å². The first-order chi connectivity index (χ1) is 22.9. The molecule has 1 amide bonds. The van der Waals surface area contributed by atoms with E-state index in [4.69, 9.17) is 9.47 Å². The number of ether oxygens (including phenoxy) is 2. The average molecular weight is 664 g/mol. The van der Waals surface area contributed by atoms with Crippen LogP contribution in [0, 0.1) is 0 Å². The summed E-state index contributed by atoms with van der Waals surface area (Å²) >= 11 is 2.77. The third kappa shape index (κ3) is 6.11. The number of unbranched alkanes of at least 4 members (excludes halogenated alkanes) is 1. The summed E-state index contributed by atoms with van der Waals surface area (Å²) in [7, 11) is 0. The molecule has 47 heavy (non-hydrogen) atoms. The Labute approximate surface area is 281 Å². The molecule has 10 heteroatoms. The molecule has 0 radical (unpaired) electrons. The lowest BCUT2D eigenvalue weighted by atomic mass is 9.94. The highest BCUT2D eigenvalue weighted by Crippen LogP contribution is 2.45. The second-order valence-electron chi connectivity index (χ2n) is 11.7. The molecule has 0 unspecified atom stereocenters. The van der Waals surface area contributed by atoms with Gasteiger partial charge >= 0.3 is 5.91 Å². The fourth-order valence-corrected chi connectivity index (χ4v) is 7.97. The smallest absolute Gasteiger partial charge is 0.301 e. The van der Waals surface area contributed by atoms with Crippen molar-refractivity contribution in [3.8, 4) is 11.5 Å². The van der Waals surface area contributed by atoms with E-state index in [-0.39, 0.29) is 22.6 Å². The normalized spacial score (nSPS) is 18.5. The number of thioether (sulfide) groups is 1. The average Bonchev–Trinajstić information content (AvgIpc) is 3.78. The molecule has 8 nitrogen and oxygen atoms in total. The van der Waals surface area contributed by atoms with Gasteiger partial charge in [0.05, 0.1) is 18.2 Å². The zero-order valence-electron chi connectivity index (χ0n) is 26.0. The zero-order valence-corrected chi connectivity index (χ0v) is 27.6. The van der Waals surface area contributed by atoms with Crippen LogP contribution < -0.4 is 14.4 Å². The number of carbonyl (C=O) groups excluding carboxylic acids is 2. The standard InChI is InChI=1S/C37H33N3O5S2/c1-3-4-17-44-28-13-8-11-24(20-28)32-31(33(41)25-15-16-30-27(19-25)18-22(2)45-30)34(42)35(43)40(32)36-38-39-37(47-36)46-21-26-12-7-10-23-9-5-6-14-29(23)26/h5-16,19-20,22,32,41H,3-4,17-18,21H2,1-2H3/t22-,32-/m1/s1. The fourth-order valence-electron chi connectivity index (χ4n) is 6.09. The van der Waals surface area contributed by atoms with Crippen molar-refractivity contribution in [1.82, 2.24) is 10.2 Å². The van der Waals surface area contributed by atoms with Gasteiger partial charge in [-0.25, -0.2) is 0 Å². The predicted octanol–water partition coefficient (Wildman–Crippen LogP) is 8.11. The lowest BCUT2D eigenvalue weighted by molar-refractivity contribution is -0.132. The number of nitrogens with zero attached hydrogens (tertiary/aromatic N) is 3. The number of aliphatic hydroxyl groups excluding tert-OH is 1. The zero-order chi connectivity index (χ0) is 32.5. The highest BCUT2D eigenvalue weighted by atomic mass is 32.2. The van der Waals surface area contributed by atoms with Crippen LogP contribution in [0.4, 0.5) is 5.13 Å². The number of hydrogen-bond acceptors (Lipinski definition) is 9. The summed E-state index contributed by atoms with van der Waals surface area (Å²) in [5.41, 5.74) is 3.17. The van der Waals surface area contributed by atoms with E-state index in [0.29, 0.717) is 40.0 Å². The van der Waals surface area contributed by atoms with Crippen LogP contribution in [-0.2, 0) is 21.8 Å². The molecule has 7 rings (SSSR count). The molecule has 0 saturated carbocycles. The minimum Gasteiger partial charge on any atom is -0.507 e. The molecule has 5 aromatic rings. The van der Waals surface area contributed by atoms with Crippen LogP contribution in [0.15, 0.2) is 94.8 Å². The molecule has 0 spiro atoms. The van der Waals surface area contributed by atoms with Crippen LogP contribution in [0.2, 0.25) is 0 Å². The Morgan fingerprint density at radius 1 is 1.04 bits per heavy atom. The van der Waals surface area contributed by atoms with Gasteiger partial charge in [0, 0.05) is 17.7 Å². The van der Waals surface area contributed by atoms with Gasteiger partial charge in [-0.1, -0.05) is 91.0 Å². The van der Waals surface area contributed by atoms with Crippen LogP contribution in [0.5, 0.6) is 11.5 Å². The number of rotatable bonds is 10. The van der Waals surface area contributed by atoms with Gasteiger partial charge in [-0.15, -0.1) is 10.2 Å². The number of aliphatic hydroxyl groups is 1. The predicted molar refractivity (Wildman–Crippen MR) is 185 cm³/mol. The van der Waals surface area contributed by atoms with Crippen molar-refractivity contribution in [3.63, 3.8) is 0 Å². The van der Waals surface area contributed by atoms with Crippen molar-refractivity contribution in [2.45, 2.75) is 55.3 Å². The van der Waals surface area contributed by atoms with Crippen molar-refractivity contribution in [2.75, 3.05) is 11.5 Å². The molecule has 1 aromatic heterocycles. The van der Waals surface area contributed by atoms with E-state index >= 15 is 0 Å². The van der Waals surface area contributed by atoms with Crippen molar-refractivity contribution in [1.29, 1.82) is 0 Å². The largest absolute Gasteiger partial charge is 0.507 e. The number of benzene rings is 4. The minimum absolute atomic E-state index is 0.00668. The molecule has 1 fully saturated rings. The molecule has 0 aliphatic carbocycles. The van der Waals surface area contributed by atoms with Crippen molar-refractivity contribution >= 4 is 56.5 Å². The molecule has 1 N–H and O–H groups in total. The molecule has 238 valence electrons. The molecular formula is C37H33N3O5S2. The molecular weight excluding hydrogens is 631 g/mol. The van der Waals surface area contributed by atoms with E-state index in [1.165, 1.54) is 38.9 Å². The molecule has 0 bridgehead atoms. The second kappa shape index (κ2) is 13.2. The Bertz CT molecular complexity index is 2020. The SMILES string of the molecule is CCCCOc1cccc([C@@H]2C(=C(O)c3ccc4c(c3)C[C@@H](C)O4)C(=O)C(=O)N2c2nnc(SCc3cccc4ccccc34)s2)c1. The van der Waals surface area contributed by atoms with E-state index < -0.39 is 17.7 Å². The summed E-state index contributed by atoms with van der Waals surface area (Å²) in [6.07, 6.45) is 2.60. The topological polar surface area (TPSA) is 102 Å². The Morgan fingerprint density at radius 2 is 1.87 bits per heavy atom. The third-order valence-corrected chi connectivity index (χ3v) is 10.5. The molecule has 3 heterocycles. The molecule has 2 aliphatic rings. The van der Waals surface area contributed by atoms with Crippen LogP contribution in [0.25, 0.3) is 16.5 Å². The first-order valence-corrected chi connectivity index (χ1v) is 17.5. The number of fused-ring (bicyclic) bond motifs is 2. The van der Waals surface area contributed by atoms with E-state index in [1.807, 2.05) is 55.5 Å². The van der Waals surface area contributed by atoms with Gasteiger partial charge in [-0.05, 0) is 71.1 Å². The molecule has 4 aromatic carbocycles. The third-order valence-electron chi connectivity index (χ3n) is 8.39. The van der Waals surface area contributed by atoms with Gasteiger partial charge < -0.3 is 14.6 Å². The van der Waals surface area contributed by atoms with Crippen molar-refractivity contribution < 1.29 is 24.2 Å². The van der Waals surface area contributed by atoms with Crippen molar-refractivity contribution in [3.05, 3.63) is 113 Å². The van der Waals surface area contributed by atoms with E-state index in [1.54, 1.807) is 12.1 Å². The Hall–Kier alpha value is -4.67. The number of amides is 1. The number of ketones is 1. The number of carbonyl (C=O) groups is 2. The first-order valence-electron chi connectivity index (χ1n) is 15.7. The van der Waals surface area contributed by atoms with Gasteiger partial charge in [0.15, 0.2) is 4.34 Å². The van der Waals surface area contributed by atoms with Gasteiger partial charge in [-0.2, -0.15) is 0 Å². The fraction of sp³-hybridized carbons (Fsp3) is 0.243. The summed E-state index contributed by atoms with van der Waals surface area (Å²) in [4.78, 5) is 29.0. The summed E-state index contributed by atoms with van der Waals surface area (Å²) in [5, 5.41) is 23.1. The summed E-state index contributed by atoms with van der Waals surface area (Å²) in [6, 6.07) is 26.2. The molecule has 2 atom stereocenters. The van der Waals surface area contributed by atoms with Crippen LogP contribution in [0.1, 0.15) is 55.0 Å². The Kier molecular flexibility index (Phi) is 8.70. The Balaban J connectivity index is 1.25. The number of aromatic nitrogens is 2. The van der Waals surface area contributed by atoms with Crippen molar-refractivity contribution in [2.24, 2.45) is 0 Å². The van der Waals surface area contributed by atoms with Crippen LogP contribution in [-0.4, -0.2) is 39.7 Å². The van der Waals surface area contributed by atoms with E-state index in [9.17, 15) is 14.7 Å². The molecule has 1 saturated heterocycles. The van der Waals surface area contributed by atoms with Gasteiger partial charge in [0.1, 0.15) is 23.4 Å². The van der Waals surface area contributed by atoms with Gasteiger partial charge in [0.2, 0.25) is 5.13 Å². The van der Waals surface area contributed by atoms with Crippen LogP contribution in [0.3, 0.4) is 0 Å². The minimum atomic E-state index is -0.933. The maximum Gasteiger partial charge on any atom is 0.301 e. The summed E-state index contributed by atoms with van der Waals surface area (Å²) in [6.45, 7) is 4.62. The summed E-state index contributed by atoms with van der Waals surface area (Å²) in [5.74, 6) is 0.240. The first kappa shape index (κ1) is 31.0. The quantitative estimate of drug-likeness (QED) is 0.0399. The second-order valence-corrected chi connectivity index (χ2v) is 13.9. The monoisotopic (exact) mass is 663 g/mol. The van der Waals surface area contributed by atoms with E-state index in [2.05, 4.69) is 41.4 Å². The van der Waals surface area contributed by atoms with Gasteiger partial charge in [0.25, 0.3) is 5.78 Å². The highest BCUT2D eigenvalue weighted by molar-refractivity contribution is 8.00. The van der Waals surface area contributed by atoms with Crippen LogP contribution >= 0.6 is 23.1 Å². The summed E-state index contributed by atoms with van der Waals surface area (Å²) < 4.78 is 12.5. The lowest BCUT2D eigenvalue weighted by Crippen LogP contribution is -2.29. The number of anilines is 1. The van der Waals surface area contributed by atoms with E-state index in [0.717, 1.165) is 29.5 Å².